The van der Waals surface area contributed by atoms with Crippen molar-refractivity contribution in [2.24, 2.45) is 17.3 Å². The second-order valence-corrected chi connectivity index (χ2v) is 7.22. The molecule has 2 nitrogen and oxygen atoms in total. The number of carbonyl (C=O) groups excluding carboxylic acids is 1. The molecule has 112 valence electrons. The molecular weight excluding hydrogens is 270 g/mol. The lowest BCUT2D eigenvalue weighted by Gasteiger charge is -2.15. The fraction of sp³-hybridized carbons (Fsp3) is 0.350. The highest BCUT2D eigenvalue weighted by molar-refractivity contribution is 6.02. The summed E-state index contributed by atoms with van der Waals surface area (Å²) in [4.78, 5) is 12.3. The molecule has 2 aromatic carbocycles. The second-order valence-electron chi connectivity index (χ2n) is 7.22. The third kappa shape index (κ3) is 1.83. The third-order valence-electron chi connectivity index (χ3n) is 5.58. The lowest BCUT2D eigenvalue weighted by molar-refractivity contribution is -0.115. The maximum absolute atomic E-state index is 12.3. The van der Waals surface area contributed by atoms with Gasteiger partial charge in [0.15, 0.2) is 5.78 Å². The van der Waals surface area contributed by atoms with Crippen molar-refractivity contribution in [2.45, 2.75) is 27.2 Å². The molecule has 2 heteroatoms. The number of Topliss-reactive ketones (excluding diaryl/α,β-unsaturated/α-hetero) is 1. The zero-order chi connectivity index (χ0) is 15.5. The minimum atomic E-state index is 0.297. The number of nitrogens with one attached hydrogen (secondary N) is 1. The first-order valence-electron chi connectivity index (χ1n) is 7.99. The highest BCUT2D eigenvalue weighted by Crippen LogP contribution is 2.68. The van der Waals surface area contributed by atoms with Gasteiger partial charge in [0.1, 0.15) is 0 Å². The van der Waals surface area contributed by atoms with E-state index in [1.165, 1.54) is 10.8 Å². The molecule has 2 atom stereocenters. The summed E-state index contributed by atoms with van der Waals surface area (Å²) < 4.78 is 0. The number of allylic oxidation sites excluding steroid dienone is 2. The van der Waals surface area contributed by atoms with E-state index >= 15 is 0 Å². The zero-order valence-electron chi connectivity index (χ0n) is 13.3. The predicted octanol–water partition coefficient (Wildman–Crippen LogP) is 4.77. The molecule has 0 bridgehead atoms. The van der Waals surface area contributed by atoms with Gasteiger partial charge in [0.2, 0.25) is 0 Å². The average molecular weight is 291 g/mol. The van der Waals surface area contributed by atoms with Gasteiger partial charge in [-0.15, -0.1) is 0 Å². The molecule has 22 heavy (non-hydrogen) atoms. The van der Waals surface area contributed by atoms with Gasteiger partial charge in [0.05, 0.1) is 0 Å². The minimum absolute atomic E-state index is 0.297. The Labute approximate surface area is 131 Å². The lowest BCUT2D eigenvalue weighted by Crippen LogP contribution is -2.12. The molecule has 2 saturated carbocycles. The number of carbonyl (C=O) groups is 1. The van der Waals surface area contributed by atoms with Crippen molar-refractivity contribution in [1.29, 1.82) is 0 Å². The van der Waals surface area contributed by atoms with E-state index in [1.807, 2.05) is 6.92 Å². The van der Waals surface area contributed by atoms with E-state index in [9.17, 15) is 4.79 Å². The Hall–Kier alpha value is -2.09. The van der Waals surface area contributed by atoms with Crippen molar-refractivity contribution >= 4 is 22.2 Å². The SMILES string of the molecule is C/C(Nc1cccc2ccccc12)=C1/C(=O)C[C@@H]2[C@H]1C2(C)C. The fourth-order valence-electron chi connectivity index (χ4n) is 4.23. The minimum Gasteiger partial charge on any atom is -0.358 e. The average Bonchev–Trinajstić information content (AvgIpc) is 2.83. The molecular formula is C20H21NO. The van der Waals surface area contributed by atoms with Crippen LogP contribution in [0.4, 0.5) is 5.69 Å². The topological polar surface area (TPSA) is 29.1 Å². The summed E-state index contributed by atoms with van der Waals surface area (Å²) in [6.07, 6.45) is 0.724. The number of hydrogen-bond donors (Lipinski definition) is 1. The summed E-state index contributed by atoms with van der Waals surface area (Å²) in [6, 6.07) is 14.6. The van der Waals surface area contributed by atoms with Crippen molar-refractivity contribution in [2.75, 3.05) is 5.32 Å². The molecule has 0 aliphatic heterocycles. The molecule has 0 unspecified atom stereocenters. The first kappa shape index (κ1) is 13.6. The normalized spacial score (nSPS) is 27.7. The Kier molecular flexibility index (Phi) is 2.75. The fourth-order valence-corrected chi connectivity index (χ4v) is 4.23. The summed E-state index contributed by atoms with van der Waals surface area (Å²) in [5.41, 5.74) is 3.44. The molecule has 4 rings (SSSR count). The standard InChI is InChI=1S/C20H21NO/c1-12(18-17(22)11-15-19(18)20(15,2)3)21-16-10-6-8-13-7-4-5-9-14(13)16/h4-10,15,19,21H,11H2,1-3H3/b18-12+/t15-,19-/m1/s1. The Morgan fingerprint density at radius 3 is 2.64 bits per heavy atom. The molecule has 1 N–H and O–H groups in total. The van der Waals surface area contributed by atoms with Crippen LogP contribution in [-0.4, -0.2) is 5.78 Å². The van der Waals surface area contributed by atoms with Crippen molar-refractivity contribution in [3.05, 3.63) is 53.7 Å². The number of ketones is 1. The number of anilines is 1. The van der Waals surface area contributed by atoms with E-state index in [1.54, 1.807) is 0 Å². The van der Waals surface area contributed by atoms with Gasteiger partial charge in [0.25, 0.3) is 0 Å². The van der Waals surface area contributed by atoms with Crippen LogP contribution < -0.4 is 5.32 Å². The van der Waals surface area contributed by atoms with E-state index in [0.717, 1.165) is 23.4 Å². The van der Waals surface area contributed by atoms with Crippen LogP contribution in [0, 0.1) is 17.3 Å². The van der Waals surface area contributed by atoms with Crippen LogP contribution in [-0.2, 0) is 4.79 Å². The largest absolute Gasteiger partial charge is 0.358 e. The lowest BCUT2D eigenvalue weighted by atomic mass is 9.95. The van der Waals surface area contributed by atoms with Crippen LogP contribution >= 0.6 is 0 Å². The van der Waals surface area contributed by atoms with Crippen molar-refractivity contribution in [1.82, 2.24) is 0 Å². The highest BCUT2D eigenvalue weighted by atomic mass is 16.1. The number of rotatable bonds is 2. The Balaban J connectivity index is 1.74. The van der Waals surface area contributed by atoms with E-state index in [0.29, 0.717) is 23.0 Å². The highest BCUT2D eigenvalue weighted by Gasteiger charge is 2.65. The van der Waals surface area contributed by atoms with Gasteiger partial charge in [-0.2, -0.15) is 0 Å². The van der Waals surface area contributed by atoms with Gasteiger partial charge in [-0.1, -0.05) is 50.2 Å². The van der Waals surface area contributed by atoms with Gasteiger partial charge in [-0.3, -0.25) is 4.79 Å². The first-order valence-corrected chi connectivity index (χ1v) is 7.99. The molecule has 0 aromatic heterocycles. The molecule has 0 amide bonds. The molecule has 0 heterocycles. The van der Waals surface area contributed by atoms with Gasteiger partial charge in [0, 0.05) is 28.8 Å². The molecule has 2 aliphatic rings. The first-order chi connectivity index (χ1) is 10.5. The number of fused-ring (bicyclic) bond motifs is 2. The Morgan fingerprint density at radius 2 is 1.86 bits per heavy atom. The van der Waals surface area contributed by atoms with Crippen molar-refractivity contribution in [3.8, 4) is 0 Å². The van der Waals surface area contributed by atoms with E-state index in [2.05, 4.69) is 61.6 Å². The van der Waals surface area contributed by atoms with Crippen LogP contribution in [0.2, 0.25) is 0 Å². The summed E-state index contributed by atoms with van der Waals surface area (Å²) in [6.45, 7) is 6.60. The van der Waals surface area contributed by atoms with Gasteiger partial charge in [-0.25, -0.2) is 0 Å². The Bertz CT molecular complexity index is 810. The van der Waals surface area contributed by atoms with E-state index < -0.39 is 0 Å². The van der Waals surface area contributed by atoms with E-state index in [-0.39, 0.29) is 0 Å². The van der Waals surface area contributed by atoms with Crippen molar-refractivity contribution in [3.63, 3.8) is 0 Å². The van der Waals surface area contributed by atoms with Crippen molar-refractivity contribution < 1.29 is 4.79 Å². The van der Waals surface area contributed by atoms with Gasteiger partial charge >= 0.3 is 0 Å². The molecule has 0 saturated heterocycles. The van der Waals surface area contributed by atoms with Crippen LogP contribution in [0.5, 0.6) is 0 Å². The molecule has 0 spiro atoms. The maximum Gasteiger partial charge on any atom is 0.161 e. The van der Waals surface area contributed by atoms with Crippen LogP contribution in [0.25, 0.3) is 10.8 Å². The number of benzene rings is 2. The molecule has 2 aromatic rings. The quantitative estimate of drug-likeness (QED) is 0.807. The summed E-state index contributed by atoms with van der Waals surface area (Å²) >= 11 is 0. The second kappa shape index (κ2) is 4.45. The van der Waals surface area contributed by atoms with Crippen LogP contribution in [0.15, 0.2) is 53.7 Å². The monoisotopic (exact) mass is 291 g/mol. The zero-order valence-corrected chi connectivity index (χ0v) is 13.3. The summed E-state index contributed by atoms with van der Waals surface area (Å²) in [5.74, 6) is 1.33. The molecule has 2 fully saturated rings. The van der Waals surface area contributed by atoms with E-state index in [4.69, 9.17) is 0 Å². The summed E-state index contributed by atoms with van der Waals surface area (Å²) in [5, 5.41) is 5.92. The van der Waals surface area contributed by atoms with Crippen LogP contribution in [0.3, 0.4) is 0 Å². The maximum atomic E-state index is 12.3. The summed E-state index contributed by atoms with van der Waals surface area (Å²) in [7, 11) is 0. The predicted molar refractivity (Wildman–Crippen MR) is 90.7 cm³/mol. The van der Waals surface area contributed by atoms with Crippen LogP contribution in [0.1, 0.15) is 27.2 Å². The smallest absolute Gasteiger partial charge is 0.161 e. The molecule has 0 radical (unpaired) electrons. The van der Waals surface area contributed by atoms with Gasteiger partial charge < -0.3 is 5.32 Å². The molecule has 2 aliphatic carbocycles. The van der Waals surface area contributed by atoms with Gasteiger partial charge in [-0.05, 0) is 35.6 Å². The Morgan fingerprint density at radius 1 is 1.14 bits per heavy atom. The third-order valence-corrected chi connectivity index (χ3v) is 5.58. The number of hydrogen-bond acceptors (Lipinski definition) is 2.